The van der Waals surface area contributed by atoms with Gasteiger partial charge < -0.3 is 4.57 Å². The SMILES string of the molecule is CC(C)(C)n1c(CBr)nnc1-c1cccc(Br)c1F. The molecule has 102 valence electrons. The van der Waals surface area contributed by atoms with E-state index in [0.29, 0.717) is 21.2 Å². The highest BCUT2D eigenvalue weighted by Crippen LogP contribution is 2.31. The molecule has 1 heterocycles. The first kappa shape index (κ1) is 14.7. The Bertz CT molecular complexity index is 602. The van der Waals surface area contributed by atoms with E-state index in [1.807, 2.05) is 25.3 Å². The van der Waals surface area contributed by atoms with Crippen LogP contribution < -0.4 is 0 Å². The second-order valence-corrected chi connectivity index (χ2v) is 6.60. The number of nitrogens with zero attached hydrogens (tertiary/aromatic N) is 3. The predicted octanol–water partition coefficient (Wildman–Crippen LogP) is 4.50. The van der Waals surface area contributed by atoms with Crippen LogP contribution in [0.4, 0.5) is 4.39 Å². The molecule has 0 N–H and O–H groups in total. The van der Waals surface area contributed by atoms with Crippen molar-refractivity contribution in [2.75, 3.05) is 0 Å². The second kappa shape index (κ2) is 5.32. The topological polar surface area (TPSA) is 30.7 Å². The molecule has 0 saturated carbocycles. The Balaban J connectivity index is 2.70. The van der Waals surface area contributed by atoms with E-state index in [-0.39, 0.29) is 11.4 Å². The van der Waals surface area contributed by atoms with Crippen LogP contribution in [0.15, 0.2) is 22.7 Å². The molecule has 0 amide bonds. The molecule has 19 heavy (non-hydrogen) atoms. The van der Waals surface area contributed by atoms with Crippen LogP contribution in [0, 0.1) is 5.82 Å². The Morgan fingerprint density at radius 2 is 1.95 bits per heavy atom. The highest BCUT2D eigenvalue weighted by molar-refractivity contribution is 9.10. The highest BCUT2D eigenvalue weighted by atomic mass is 79.9. The van der Waals surface area contributed by atoms with E-state index < -0.39 is 0 Å². The van der Waals surface area contributed by atoms with Gasteiger partial charge in [-0.25, -0.2) is 4.39 Å². The van der Waals surface area contributed by atoms with Gasteiger partial charge in [0.1, 0.15) is 11.6 Å². The number of rotatable bonds is 2. The van der Waals surface area contributed by atoms with Gasteiger partial charge in [-0.15, -0.1) is 10.2 Å². The largest absolute Gasteiger partial charge is 0.305 e. The van der Waals surface area contributed by atoms with Crippen LogP contribution in [0.5, 0.6) is 0 Å². The van der Waals surface area contributed by atoms with Crippen molar-refractivity contribution >= 4 is 31.9 Å². The van der Waals surface area contributed by atoms with Gasteiger partial charge in [0.2, 0.25) is 0 Å². The van der Waals surface area contributed by atoms with Crippen molar-refractivity contribution in [1.29, 1.82) is 0 Å². The molecule has 6 heteroatoms. The van der Waals surface area contributed by atoms with Gasteiger partial charge in [-0.3, -0.25) is 0 Å². The predicted molar refractivity (Wildman–Crippen MR) is 80.7 cm³/mol. The van der Waals surface area contributed by atoms with Crippen molar-refractivity contribution in [3.8, 4) is 11.4 Å². The summed E-state index contributed by atoms with van der Waals surface area (Å²) in [5.41, 5.74) is 0.223. The van der Waals surface area contributed by atoms with Gasteiger partial charge in [0.05, 0.1) is 15.4 Å². The fraction of sp³-hybridized carbons (Fsp3) is 0.385. The summed E-state index contributed by atoms with van der Waals surface area (Å²) in [6.45, 7) is 6.13. The van der Waals surface area contributed by atoms with E-state index >= 15 is 0 Å². The quantitative estimate of drug-likeness (QED) is 0.707. The molecular weight excluding hydrogens is 377 g/mol. The van der Waals surface area contributed by atoms with Crippen molar-refractivity contribution in [3.63, 3.8) is 0 Å². The van der Waals surface area contributed by atoms with Gasteiger partial charge in [0.25, 0.3) is 0 Å². The summed E-state index contributed by atoms with van der Waals surface area (Å²) < 4.78 is 16.6. The normalized spacial score (nSPS) is 11.9. The molecule has 0 radical (unpaired) electrons. The number of benzene rings is 1. The van der Waals surface area contributed by atoms with Gasteiger partial charge in [0, 0.05) is 5.54 Å². The van der Waals surface area contributed by atoms with Crippen molar-refractivity contribution in [2.45, 2.75) is 31.6 Å². The molecule has 0 bridgehead atoms. The third-order valence-electron chi connectivity index (χ3n) is 2.71. The van der Waals surface area contributed by atoms with Crippen LogP contribution in [0.2, 0.25) is 0 Å². The number of halogens is 3. The molecule has 0 aliphatic rings. The lowest BCUT2D eigenvalue weighted by Gasteiger charge is -2.24. The van der Waals surface area contributed by atoms with Gasteiger partial charge in [-0.1, -0.05) is 22.0 Å². The van der Waals surface area contributed by atoms with Crippen molar-refractivity contribution in [1.82, 2.24) is 14.8 Å². The molecule has 0 aliphatic carbocycles. The molecule has 0 saturated heterocycles. The minimum atomic E-state index is -0.318. The van der Waals surface area contributed by atoms with E-state index in [2.05, 4.69) is 42.1 Å². The Hall–Kier alpha value is -0.750. The Morgan fingerprint density at radius 3 is 2.53 bits per heavy atom. The van der Waals surface area contributed by atoms with Crippen LogP contribution in [0.1, 0.15) is 26.6 Å². The standard InChI is InChI=1S/C13H14Br2FN3/c1-13(2,3)19-10(7-14)17-18-12(19)8-5-4-6-9(15)11(8)16/h4-6H,7H2,1-3H3. The maximum Gasteiger partial charge on any atom is 0.167 e. The third kappa shape index (κ3) is 2.74. The summed E-state index contributed by atoms with van der Waals surface area (Å²) >= 11 is 6.59. The highest BCUT2D eigenvalue weighted by Gasteiger charge is 2.25. The molecule has 0 spiro atoms. The lowest BCUT2D eigenvalue weighted by molar-refractivity contribution is 0.390. The minimum absolute atomic E-state index is 0.226. The van der Waals surface area contributed by atoms with Gasteiger partial charge in [0.15, 0.2) is 5.82 Å². The molecule has 3 nitrogen and oxygen atoms in total. The van der Waals surface area contributed by atoms with Crippen molar-refractivity contribution in [3.05, 3.63) is 34.3 Å². The maximum atomic E-state index is 14.2. The van der Waals surface area contributed by atoms with E-state index in [0.717, 1.165) is 5.82 Å². The first-order valence-corrected chi connectivity index (χ1v) is 7.73. The molecule has 2 rings (SSSR count). The third-order valence-corrected chi connectivity index (χ3v) is 3.83. The summed E-state index contributed by atoms with van der Waals surface area (Å²) in [6.07, 6.45) is 0. The second-order valence-electron chi connectivity index (χ2n) is 5.18. The average Bonchev–Trinajstić information content (AvgIpc) is 2.76. The number of alkyl halides is 1. The molecule has 2 aromatic rings. The van der Waals surface area contributed by atoms with Gasteiger partial charge in [-0.05, 0) is 48.8 Å². The summed E-state index contributed by atoms with van der Waals surface area (Å²) in [5.74, 6) is 1.00. The zero-order valence-electron chi connectivity index (χ0n) is 10.9. The van der Waals surface area contributed by atoms with Crippen LogP contribution in [-0.2, 0) is 10.9 Å². The fourth-order valence-electron chi connectivity index (χ4n) is 1.96. The Morgan fingerprint density at radius 1 is 1.26 bits per heavy atom. The van der Waals surface area contributed by atoms with E-state index in [4.69, 9.17) is 0 Å². The lowest BCUT2D eigenvalue weighted by atomic mass is 10.1. The minimum Gasteiger partial charge on any atom is -0.305 e. The molecule has 0 aliphatic heterocycles. The van der Waals surface area contributed by atoms with Crippen LogP contribution in [-0.4, -0.2) is 14.8 Å². The first-order valence-electron chi connectivity index (χ1n) is 5.81. The molecule has 0 unspecified atom stereocenters. The Labute approximate surface area is 128 Å². The van der Waals surface area contributed by atoms with Crippen molar-refractivity contribution < 1.29 is 4.39 Å². The van der Waals surface area contributed by atoms with E-state index in [1.165, 1.54) is 0 Å². The summed E-state index contributed by atoms with van der Waals surface area (Å²) in [7, 11) is 0. The summed E-state index contributed by atoms with van der Waals surface area (Å²) in [4.78, 5) is 0. The zero-order chi connectivity index (χ0) is 14.2. The van der Waals surface area contributed by atoms with Crippen molar-refractivity contribution in [2.24, 2.45) is 0 Å². The molecule has 0 fully saturated rings. The Kier molecular flexibility index (Phi) is 4.11. The number of aromatic nitrogens is 3. The maximum absolute atomic E-state index is 14.2. The molecule has 1 aromatic heterocycles. The monoisotopic (exact) mass is 389 g/mol. The zero-order valence-corrected chi connectivity index (χ0v) is 14.1. The lowest BCUT2D eigenvalue weighted by Crippen LogP contribution is -2.25. The first-order chi connectivity index (χ1) is 8.86. The molecular formula is C13H14Br2FN3. The van der Waals surface area contributed by atoms with E-state index in [1.54, 1.807) is 18.2 Å². The summed E-state index contributed by atoms with van der Waals surface area (Å²) in [6, 6.07) is 5.17. The smallest absolute Gasteiger partial charge is 0.167 e. The van der Waals surface area contributed by atoms with Crippen LogP contribution in [0.3, 0.4) is 0 Å². The number of hydrogen-bond donors (Lipinski definition) is 0. The number of hydrogen-bond acceptors (Lipinski definition) is 2. The van der Waals surface area contributed by atoms with Gasteiger partial charge in [-0.2, -0.15) is 0 Å². The summed E-state index contributed by atoms with van der Waals surface area (Å²) in [5, 5.41) is 8.86. The molecule has 1 aromatic carbocycles. The van der Waals surface area contributed by atoms with Crippen LogP contribution in [0.25, 0.3) is 11.4 Å². The van der Waals surface area contributed by atoms with E-state index in [9.17, 15) is 4.39 Å². The van der Waals surface area contributed by atoms with Crippen LogP contribution >= 0.6 is 31.9 Å². The van der Waals surface area contributed by atoms with Gasteiger partial charge >= 0.3 is 0 Å². The molecule has 0 atom stereocenters. The fourth-order valence-corrected chi connectivity index (χ4v) is 2.69. The average molecular weight is 391 g/mol.